The number of guanidine groups is 1. The lowest BCUT2D eigenvalue weighted by atomic mass is 9.85. The van der Waals surface area contributed by atoms with Crippen LogP contribution in [-0.4, -0.2) is 68.5 Å². The van der Waals surface area contributed by atoms with Crippen molar-refractivity contribution in [2.45, 2.75) is 45.1 Å². The second kappa shape index (κ2) is 11.7. The highest BCUT2D eigenvalue weighted by Gasteiger charge is 2.31. The number of likely N-dealkylation sites (tertiary alicyclic amines) is 2. The molecule has 1 aromatic rings. The lowest BCUT2D eigenvalue weighted by Gasteiger charge is -2.39. The van der Waals surface area contributed by atoms with E-state index in [0.29, 0.717) is 24.3 Å². The van der Waals surface area contributed by atoms with Gasteiger partial charge < -0.3 is 15.5 Å². The lowest BCUT2D eigenvalue weighted by Crippen LogP contribution is -2.46. The molecule has 7 heteroatoms. The zero-order valence-corrected chi connectivity index (χ0v) is 20.0. The molecular weight excluding hydrogens is 410 g/mol. The van der Waals surface area contributed by atoms with E-state index in [0.717, 1.165) is 56.5 Å². The van der Waals surface area contributed by atoms with Crippen LogP contribution in [0, 0.1) is 11.8 Å². The van der Waals surface area contributed by atoms with Crippen molar-refractivity contribution in [2.24, 2.45) is 16.8 Å². The fraction of sp³-hybridized carbons (Fsp3) is 0.667. The number of amides is 1. The van der Waals surface area contributed by atoms with Crippen molar-refractivity contribution in [3.8, 4) is 0 Å². The maximum Gasteiger partial charge on any atom is 0.220 e. The van der Waals surface area contributed by atoms with Gasteiger partial charge in [-0.3, -0.25) is 14.7 Å². The van der Waals surface area contributed by atoms with Crippen LogP contribution in [0.5, 0.6) is 0 Å². The number of hydrogen-bond acceptors (Lipinski definition) is 3. The molecule has 2 saturated heterocycles. The highest BCUT2D eigenvalue weighted by atomic mass is 35.5. The quantitative estimate of drug-likeness (QED) is 0.517. The third kappa shape index (κ3) is 6.59. The summed E-state index contributed by atoms with van der Waals surface area (Å²) in [6.45, 7) is 6.81. The molecule has 1 amide bonds. The maximum atomic E-state index is 11.7. The SMILES string of the molecule is CCNC(=NCC1CCCN(C)C1c1cccc(Cl)c1)N1CCC(CC(=O)NC)CC1. The first-order valence-electron chi connectivity index (χ1n) is 11.7. The van der Waals surface area contributed by atoms with Crippen molar-refractivity contribution in [3.63, 3.8) is 0 Å². The minimum absolute atomic E-state index is 0.146. The molecule has 2 unspecified atom stereocenters. The predicted octanol–water partition coefficient (Wildman–Crippen LogP) is 3.54. The number of carbonyl (C=O) groups is 1. The van der Waals surface area contributed by atoms with Crippen LogP contribution in [-0.2, 0) is 4.79 Å². The van der Waals surface area contributed by atoms with Crippen LogP contribution in [0.25, 0.3) is 0 Å². The van der Waals surface area contributed by atoms with Crippen molar-refractivity contribution in [2.75, 3.05) is 46.8 Å². The van der Waals surface area contributed by atoms with Crippen LogP contribution < -0.4 is 10.6 Å². The summed E-state index contributed by atoms with van der Waals surface area (Å²) in [6, 6.07) is 8.63. The van der Waals surface area contributed by atoms with Gasteiger partial charge in [0.15, 0.2) is 5.96 Å². The molecule has 0 saturated carbocycles. The van der Waals surface area contributed by atoms with Gasteiger partial charge in [0, 0.05) is 50.7 Å². The van der Waals surface area contributed by atoms with Gasteiger partial charge in [-0.15, -0.1) is 0 Å². The van der Waals surface area contributed by atoms with E-state index in [2.05, 4.69) is 46.5 Å². The summed E-state index contributed by atoms with van der Waals surface area (Å²) < 4.78 is 0. The third-order valence-corrected chi connectivity index (χ3v) is 6.91. The molecule has 2 N–H and O–H groups in total. The predicted molar refractivity (Wildman–Crippen MR) is 129 cm³/mol. The Labute approximate surface area is 192 Å². The molecule has 31 heavy (non-hydrogen) atoms. The van der Waals surface area contributed by atoms with E-state index in [9.17, 15) is 4.79 Å². The van der Waals surface area contributed by atoms with E-state index in [-0.39, 0.29) is 5.91 Å². The number of nitrogens with zero attached hydrogens (tertiary/aromatic N) is 3. The summed E-state index contributed by atoms with van der Waals surface area (Å²) >= 11 is 6.29. The smallest absolute Gasteiger partial charge is 0.220 e. The first kappa shape index (κ1) is 23.9. The van der Waals surface area contributed by atoms with Crippen LogP contribution in [0.1, 0.15) is 50.6 Å². The molecule has 6 nitrogen and oxygen atoms in total. The normalized spacial score (nSPS) is 23.6. The Bertz CT molecular complexity index is 747. The Hall–Kier alpha value is -1.79. The fourth-order valence-electron chi connectivity index (χ4n) is 5.01. The average Bonchev–Trinajstić information content (AvgIpc) is 2.77. The molecule has 2 heterocycles. The summed E-state index contributed by atoms with van der Waals surface area (Å²) in [6.07, 6.45) is 5.09. The molecule has 0 aliphatic carbocycles. The largest absolute Gasteiger partial charge is 0.359 e. The van der Waals surface area contributed by atoms with Crippen LogP contribution >= 0.6 is 11.6 Å². The molecule has 0 spiro atoms. The highest BCUT2D eigenvalue weighted by Crippen LogP contribution is 2.36. The summed E-state index contributed by atoms with van der Waals surface area (Å²) in [5.41, 5.74) is 1.29. The van der Waals surface area contributed by atoms with Crippen molar-refractivity contribution < 1.29 is 4.79 Å². The van der Waals surface area contributed by atoms with Gasteiger partial charge in [0.25, 0.3) is 0 Å². The standard InChI is InChI=1S/C24H38ClN5O/c1-4-27-24(30-13-10-18(11-14-30)15-22(31)26-2)28-17-20-8-6-12-29(3)23(20)19-7-5-9-21(25)16-19/h5,7,9,16,18,20,23H,4,6,8,10-15,17H2,1-3H3,(H,26,31)(H,27,28). The van der Waals surface area contributed by atoms with Gasteiger partial charge in [-0.2, -0.15) is 0 Å². The topological polar surface area (TPSA) is 60.0 Å². The Balaban J connectivity index is 1.66. The fourth-order valence-corrected chi connectivity index (χ4v) is 5.21. The number of benzene rings is 1. The minimum Gasteiger partial charge on any atom is -0.359 e. The van der Waals surface area contributed by atoms with E-state index < -0.39 is 0 Å². The van der Waals surface area contributed by atoms with Crippen molar-refractivity contribution in [3.05, 3.63) is 34.9 Å². The van der Waals surface area contributed by atoms with Crippen LogP contribution in [0.2, 0.25) is 5.02 Å². The molecule has 2 aliphatic heterocycles. The monoisotopic (exact) mass is 447 g/mol. The molecule has 172 valence electrons. The van der Waals surface area contributed by atoms with E-state index in [4.69, 9.17) is 16.6 Å². The molecule has 2 fully saturated rings. The van der Waals surface area contributed by atoms with E-state index in [1.54, 1.807) is 7.05 Å². The highest BCUT2D eigenvalue weighted by molar-refractivity contribution is 6.30. The summed E-state index contributed by atoms with van der Waals surface area (Å²) in [4.78, 5) is 21.6. The number of piperidine rings is 2. The summed E-state index contributed by atoms with van der Waals surface area (Å²) in [5, 5.41) is 7.04. The van der Waals surface area contributed by atoms with E-state index >= 15 is 0 Å². The summed E-state index contributed by atoms with van der Waals surface area (Å²) in [5.74, 6) is 2.10. The molecule has 0 bridgehead atoms. The minimum atomic E-state index is 0.146. The van der Waals surface area contributed by atoms with Crippen LogP contribution in [0.15, 0.2) is 29.3 Å². The number of aliphatic imine (C=N–C) groups is 1. The molecule has 0 radical (unpaired) electrons. The van der Waals surface area contributed by atoms with Gasteiger partial charge in [-0.1, -0.05) is 23.7 Å². The first-order valence-corrected chi connectivity index (χ1v) is 12.1. The Kier molecular flexibility index (Phi) is 9.02. The number of rotatable bonds is 6. The van der Waals surface area contributed by atoms with E-state index in [1.165, 1.54) is 18.4 Å². The van der Waals surface area contributed by atoms with Crippen molar-refractivity contribution in [1.29, 1.82) is 0 Å². The molecular formula is C24H38ClN5O. The lowest BCUT2D eigenvalue weighted by molar-refractivity contribution is -0.121. The van der Waals surface area contributed by atoms with Crippen molar-refractivity contribution in [1.82, 2.24) is 20.4 Å². The Morgan fingerprint density at radius 1 is 1.23 bits per heavy atom. The van der Waals surface area contributed by atoms with Gasteiger partial charge in [0.05, 0.1) is 0 Å². The molecule has 2 atom stereocenters. The Morgan fingerprint density at radius 2 is 2.00 bits per heavy atom. The number of hydrogen-bond donors (Lipinski definition) is 2. The third-order valence-electron chi connectivity index (χ3n) is 6.67. The van der Waals surface area contributed by atoms with Crippen LogP contribution in [0.3, 0.4) is 0 Å². The van der Waals surface area contributed by atoms with Crippen LogP contribution in [0.4, 0.5) is 0 Å². The average molecular weight is 448 g/mol. The molecule has 3 rings (SSSR count). The van der Waals surface area contributed by atoms with Crippen molar-refractivity contribution >= 4 is 23.5 Å². The number of nitrogens with one attached hydrogen (secondary N) is 2. The number of carbonyl (C=O) groups excluding carboxylic acids is 1. The molecule has 1 aromatic carbocycles. The van der Waals surface area contributed by atoms with Gasteiger partial charge in [0.2, 0.25) is 5.91 Å². The summed E-state index contributed by atoms with van der Waals surface area (Å²) in [7, 11) is 3.93. The second-order valence-electron chi connectivity index (χ2n) is 8.89. The Morgan fingerprint density at radius 3 is 2.68 bits per heavy atom. The number of halogens is 1. The zero-order valence-electron chi connectivity index (χ0n) is 19.2. The van der Waals surface area contributed by atoms with Gasteiger partial charge >= 0.3 is 0 Å². The molecule has 2 aliphatic rings. The maximum absolute atomic E-state index is 11.7. The second-order valence-corrected chi connectivity index (χ2v) is 9.32. The first-order chi connectivity index (χ1) is 15.0. The van der Waals surface area contributed by atoms with Gasteiger partial charge in [-0.05, 0) is 75.7 Å². The molecule has 0 aromatic heterocycles. The zero-order chi connectivity index (χ0) is 22.2. The van der Waals surface area contributed by atoms with Gasteiger partial charge in [0.1, 0.15) is 0 Å². The van der Waals surface area contributed by atoms with Gasteiger partial charge in [-0.25, -0.2) is 0 Å². The van der Waals surface area contributed by atoms with E-state index in [1.807, 2.05) is 12.1 Å².